The Morgan fingerprint density at radius 1 is 1.24 bits per heavy atom. The van der Waals surface area contributed by atoms with Crippen molar-refractivity contribution in [3.05, 3.63) is 33.7 Å². The van der Waals surface area contributed by atoms with Gasteiger partial charge in [-0.2, -0.15) is 0 Å². The van der Waals surface area contributed by atoms with E-state index in [0.717, 1.165) is 37.1 Å². The summed E-state index contributed by atoms with van der Waals surface area (Å²) in [5.74, 6) is 0.134. The Morgan fingerprint density at radius 3 is 2.86 bits per heavy atom. The lowest BCUT2D eigenvalue weighted by Gasteiger charge is -2.30. The molecule has 3 heterocycles. The highest BCUT2D eigenvalue weighted by Crippen LogP contribution is 2.16. The molecular weight excluding hydrogens is 270 g/mol. The van der Waals surface area contributed by atoms with E-state index < -0.39 is 6.10 Å². The third kappa shape index (κ3) is 3.16. The number of carbonyl (C=O) groups excluding carboxylic acids is 1. The fourth-order valence-corrected chi connectivity index (χ4v) is 3.20. The molecule has 0 aliphatic carbocycles. The van der Waals surface area contributed by atoms with E-state index in [1.165, 1.54) is 0 Å². The molecule has 1 aromatic heterocycles. The van der Waals surface area contributed by atoms with Crippen molar-refractivity contribution >= 4 is 5.91 Å². The Hall–Kier alpha value is -1.66. The SMILES string of the molecule is O=C1CCCN1CC(O)CN1CCc2cc[nH]c(=O)c2C1. The van der Waals surface area contributed by atoms with Crippen molar-refractivity contribution in [2.24, 2.45) is 0 Å². The molecule has 1 atom stereocenters. The Bertz CT molecular complexity index is 584. The molecule has 1 saturated heterocycles. The molecule has 6 nitrogen and oxygen atoms in total. The predicted octanol–water partition coefficient (Wildman–Crippen LogP) is -0.284. The van der Waals surface area contributed by atoms with Crippen LogP contribution >= 0.6 is 0 Å². The standard InChI is InChI=1S/C15H21N3O3/c19-12(9-18-6-1-2-14(18)20)8-17-7-4-11-3-5-16-15(21)13(11)10-17/h3,5,12,19H,1-2,4,6-10H2,(H,16,21). The number of fused-ring (bicyclic) bond motifs is 1. The minimum Gasteiger partial charge on any atom is -0.390 e. The van der Waals surface area contributed by atoms with Gasteiger partial charge in [-0.25, -0.2) is 0 Å². The van der Waals surface area contributed by atoms with Crippen molar-refractivity contribution < 1.29 is 9.90 Å². The average Bonchev–Trinajstić information content (AvgIpc) is 2.85. The van der Waals surface area contributed by atoms with E-state index in [9.17, 15) is 14.7 Å². The fraction of sp³-hybridized carbons (Fsp3) is 0.600. The third-order valence-electron chi connectivity index (χ3n) is 4.31. The number of β-amino-alcohol motifs (C(OH)–C–C–N with tert-alkyl or cyclic N) is 1. The first-order chi connectivity index (χ1) is 10.1. The molecule has 0 aromatic carbocycles. The van der Waals surface area contributed by atoms with Gasteiger partial charge in [0.25, 0.3) is 5.56 Å². The summed E-state index contributed by atoms with van der Waals surface area (Å²) in [6.45, 7) is 3.04. The molecule has 2 N–H and O–H groups in total. The Labute approximate surface area is 123 Å². The maximum Gasteiger partial charge on any atom is 0.252 e. The summed E-state index contributed by atoms with van der Waals surface area (Å²) in [6.07, 6.45) is 3.44. The molecule has 21 heavy (non-hydrogen) atoms. The lowest BCUT2D eigenvalue weighted by atomic mass is 10.0. The van der Waals surface area contributed by atoms with Gasteiger partial charge in [0.1, 0.15) is 0 Å². The number of carbonyl (C=O) groups is 1. The van der Waals surface area contributed by atoms with Crippen LogP contribution in [0.1, 0.15) is 24.0 Å². The lowest BCUT2D eigenvalue weighted by Crippen LogP contribution is -2.43. The van der Waals surface area contributed by atoms with Crippen molar-refractivity contribution in [2.75, 3.05) is 26.2 Å². The van der Waals surface area contributed by atoms with Gasteiger partial charge in [0.05, 0.1) is 6.10 Å². The van der Waals surface area contributed by atoms with Gasteiger partial charge in [0.2, 0.25) is 5.91 Å². The third-order valence-corrected chi connectivity index (χ3v) is 4.31. The molecule has 1 fully saturated rings. The Balaban J connectivity index is 1.58. The van der Waals surface area contributed by atoms with Gasteiger partial charge in [0.15, 0.2) is 0 Å². The Kier molecular flexibility index (Phi) is 4.07. The van der Waals surface area contributed by atoms with Crippen LogP contribution in [0.5, 0.6) is 0 Å². The molecule has 1 amide bonds. The second kappa shape index (κ2) is 5.99. The molecule has 1 unspecified atom stereocenters. The molecule has 114 valence electrons. The second-order valence-electron chi connectivity index (χ2n) is 5.89. The lowest BCUT2D eigenvalue weighted by molar-refractivity contribution is -0.129. The number of nitrogens with zero attached hydrogens (tertiary/aromatic N) is 2. The molecule has 6 heteroatoms. The number of aliphatic hydroxyl groups is 1. The zero-order valence-electron chi connectivity index (χ0n) is 12.0. The number of pyridine rings is 1. The summed E-state index contributed by atoms with van der Waals surface area (Å²) in [5.41, 5.74) is 1.86. The van der Waals surface area contributed by atoms with E-state index in [4.69, 9.17) is 0 Å². The first-order valence-electron chi connectivity index (χ1n) is 7.51. The van der Waals surface area contributed by atoms with Crippen LogP contribution in [0.15, 0.2) is 17.1 Å². The number of hydrogen-bond donors (Lipinski definition) is 2. The first kappa shape index (κ1) is 14.3. The highest BCUT2D eigenvalue weighted by molar-refractivity contribution is 5.78. The van der Waals surface area contributed by atoms with Gasteiger partial charge in [-0.3, -0.25) is 14.5 Å². The van der Waals surface area contributed by atoms with Crippen LogP contribution in [-0.2, 0) is 17.8 Å². The number of H-pyrrole nitrogens is 1. The molecule has 0 radical (unpaired) electrons. The van der Waals surface area contributed by atoms with Gasteiger partial charge >= 0.3 is 0 Å². The maximum atomic E-state index is 11.8. The number of rotatable bonds is 4. The van der Waals surface area contributed by atoms with Crippen LogP contribution in [0.2, 0.25) is 0 Å². The smallest absolute Gasteiger partial charge is 0.252 e. The van der Waals surface area contributed by atoms with Crippen molar-refractivity contribution in [1.82, 2.24) is 14.8 Å². The van der Waals surface area contributed by atoms with Crippen LogP contribution in [-0.4, -0.2) is 58.1 Å². The first-order valence-corrected chi connectivity index (χ1v) is 7.51. The summed E-state index contributed by atoms with van der Waals surface area (Å²) in [4.78, 5) is 29.9. The predicted molar refractivity (Wildman–Crippen MR) is 77.9 cm³/mol. The summed E-state index contributed by atoms with van der Waals surface area (Å²) >= 11 is 0. The van der Waals surface area contributed by atoms with Gasteiger partial charge in [0, 0.05) is 50.9 Å². The largest absolute Gasteiger partial charge is 0.390 e. The molecule has 0 saturated carbocycles. The zero-order chi connectivity index (χ0) is 14.8. The number of likely N-dealkylation sites (tertiary alicyclic amines) is 1. The van der Waals surface area contributed by atoms with E-state index >= 15 is 0 Å². The summed E-state index contributed by atoms with van der Waals surface area (Å²) in [6, 6.07) is 1.95. The molecule has 2 aliphatic rings. The minimum absolute atomic E-state index is 0.0404. The number of aliphatic hydroxyl groups excluding tert-OH is 1. The normalized spacial score (nSPS) is 20.6. The maximum absolute atomic E-state index is 11.8. The van der Waals surface area contributed by atoms with E-state index in [1.807, 2.05) is 6.07 Å². The van der Waals surface area contributed by atoms with Gasteiger partial charge in [-0.05, 0) is 24.5 Å². The van der Waals surface area contributed by atoms with Crippen LogP contribution in [0.4, 0.5) is 0 Å². The van der Waals surface area contributed by atoms with Crippen molar-refractivity contribution in [1.29, 1.82) is 0 Å². The summed E-state index contributed by atoms with van der Waals surface area (Å²) in [5, 5.41) is 10.2. The van der Waals surface area contributed by atoms with E-state index in [0.29, 0.717) is 26.1 Å². The van der Waals surface area contributed by atoms with E-state index in [2.05, 4.69) is 9.88 Å². The average molecular weight is 291 g/mol. The monoisotopic (exact) mass is 291 g/mol. The molecule has 1 aromatic rings. The van der Waals surface area contributed by atoms with Gasteiger partial charge in [-0.1, -0.05) is 0 Å². The molecule has 3 rings (SSSR count). The van der Waals surface area contributed by atoms with Gasteiger partial charge < -0.3 is 15.0 Å². The second-order valence-corrected chi connectivity index (χ2v) is 5.89. The number of aromatic amines is 1. The van der Waals surface area contributed by atoms with Crippen molar-refractivity contribution in [3.8, 4) is 0 Å². The van der Waals surface area contributed by atoms with Gasteiger partial charge in [-0.15, -0.1) is 0 Å². The van der Waals surface area contributed by atoms with E-state index in [1.54, 1.807) is 11.1 Å². The fourth-order valence-electron chi connectivity index (χ4n) is 3.20. The topological polar surface area (TPSA) is 76.6 Å². The minimum atomic E-state index is -0.559. The highest BCUT2D eigenvalue weighted by Gasteiger charge is 2.25. The van der Waals surface area contributed by atoms with Crippen LogP contribution in [0.3, 0.4) is 0 Å². The molecule has 2 aliphatic heterocycles. The number of aromatic nitrogens is 1. The van der Waals surface area contributed by atoms with Crippen LogP contribution in [0.25, 0.3) is 0 Å². The van der Waals surface area contributed by atoms with Crippen LogP contribution < -0.4 is 5.56 Å². The van der Waals surface area contributed by atoms with Crippen LogP contribution in [0, 0.1) is 0 Å². The molecule has 0 bridgehead atoms. The Morgan fingerprint density at radius 2 is 2.10 bits per heavy atom. The quantitative estimate of drug-likeness (QED) is 0.800. The van der Waals surface area contributed by atoms with Crippen molar-refractivity contribution in [3.63, 3.8) is 0 Å². The summed E-state index contributed by atoms with van der Waals surface area (Å²) < 4.78 is 0. The number of nitrogens with one attached hydrogen (secondary N) is 1. The molecular formula is C15H21N3O3. The summed E-state index contributed by atoms with van der Waals surface area (Å²) in [7, 11) is 0. The molecule has 0 spiro atoms. The highest BCUT2D eigenvalue weighted by atomic mass is 16.3. The number of hydrogen-bond acceptors (Lipinski definition) is 4. The zero-order valence-corrected chi connectivity index (χ0v) is 12.0. The number of amides is 1. The van der Waals surface area contributed by atoms with Crippen molar-refractivity contribution in [2.45, 2.75) is 31.9 Å². The van der Waals surface area contributed by atoms with E-state index in [-0.39, 0.29) is 11.5 Å².